The predicted molar refractivity (Wildman–Crippen MR) is 85.4 cm³/mol. The molecule has 1 heterocycles. The third kappa shape index (κ3) is 2.47. The molecule has 3 rings (SSSR count). The summed E-state index contributed by atoms with van der Waals surface area (Å²) < 4.78 is 49.6. The van der Waals surface area contributed by atoms with Crippen LogP contribution in [0.2, 0.25) is 0 Å². The third-order valence-electron chi connectivity index (χ3n) is 3.66. The van der Waals surface area contributed by atoms with Crippen LogP contribution in [0.5, 0.6) is 11.5 Å². The van der Waals surface area contributed by atoms with E-state index < -0.39 is 11.7 Å². The zero-order chi connectivity index (χ0) is 17.6. The number of hydrogen-bond donors (Lipinski definition) is 0. The van der Waals surface area contributed by atoms with Crippen LogP contribution in [0.3, 0.4) is 0 Å². The van der Waals surface area contributed by atoms with Gasteiger partial charge >= 0.3 is 6.18 Å². The fourth-order valence-corrected chi connectivity index (χ4v) is 3.51. The predicted octanol–water partition coefficient (Wildman–Crippen LogP) is 4.11. The minimum absolute atomic E-state index is 0.00599. The Balaban J connectivity index is 2.43. The van der Waals surface area contributed by atoms with Gasteiger partial charge in [-0.25, -0.2) is 4.98 Å². The van der Waals surface area contributed by atoms with Crippen LogP contribution in [0.25, 0.3) is 20.8 Å². The van der Waals surface area contributed by atoms with Gasteiger partial charge in [-0.05, 0) is 25.1 Å². The van der Waals surface area contributed by atoms with Crippen LogP contribution in [0.15, 0.2) is 23.0 Å². The van der Waals surface area contributed by atoms with Crippen molar-refractivity contribution in [1.82, 2.24) is 4.98 Å². The maximum Gasteiger partial charge on any atom is 0.416 e. The molecule has 0 radical (unpaired) electrons. The molecule has 8 heteroatoms. The van der Waals surface area contributed by atoms with E-state index in [0.717, 1.165) is 12.1 Å². The van der Waals surface area contributed by atoms with Crippen molar-refractivity contribution >= 4 is 21.6 Å². The van der Waals surface area contributed by atoms with Crippen molar-refractivity contribution in [2.75, 3.05) is 14.2 Å². The maximum atomic E-state index is 12.9. The van der Waals surface area contributed by atoms with Crippen molar-refractivity contribution in [2.45, 2.75) is 13.1 Å². The van der Waals surface area contributed by atoms with Gasteiger partial charge in [0, 0.05) is 5.56 Å². The number of alkyl halides is 3. The Hall–Kier alpha value is -2.35. The number of fused-ring (bicyclic) bond motifs is 2. The fourth-order valence-electron chi connectivity index (χ4n) is 2.46. The molecule has 0 bridgehead atoms. The number of benzene rings is 2. The van der Waals surface area contributed by atoms with Crippen molar-refractivity contribution in [1.29, 1.82) is 0 Å². The van der Waals surface area contributed by atoms with Gasteiger partial charge in [-0.1, -0.05) is 0 Å². The second-order valence-corrected chi connectivity index (χ2v) is 6.14. The minimum Gasteiger partial charge on any atom is -0.491 e. The summed E-state index contributed by atoms with van der Waals surface area (Å²) in [6.07, 6.45) is -4.45. The lowest BCUT2D eigenvalue weighted by atomic mass is 10.1. The Labute approximate surface area is 138 Å². The number of methoxy groups -OCH3 is 2. The molecule has 24 heavy (non-hydrogen) atoms. The summed E-state index contributed by atoms with van der Waals surface area (Å²) >= 11 is 1.19. The van der Waals surface area contributed by atoms with Gasteiger partial charge in [0.1, 0.15) is 5.69 Å². The SMILES string of the molecule is COc1c2nc3cc(C(F)(F)F)ccc3sc-2c(C)c(=O)c1OC. The molecule has 0 spiro atoms. The Bertz CT molecular complexity index is 965. The van der Waals surface area contributed by atoms with Crippen LogP contribution in [0.1, 0.15) is 11.1 Å². The van der Waals surface area contributed by atoms with E-state index in [1.807, 2.05) is 0 Å². The first-order chi connectivity index (χ1) is 11.3. The number of ether oxygens (including phenoxy) is 2. The van der Waals surface area contributed by atoms with Gasteiger partial charge in [0.25, 0.3) is 0 Å². The van der Waals surface area contributed by atoms with E-state index >= 15 is 0 Å². The summed E-state index contributed by atoms with van der Waals surface area (Å²) in [5, 5.41) is 0. The molecule has 0 atom stereocenters. The van der Waals surface area contributed by atoms with Crippen LogP contribution in [-0.2, 0) is 6.18 Å². The molecule has 0 amide bonds. The Kier molecular flexibility index (Phi) is 3.87. The first-order valence-electron chi connectivity index (χ1n) is 6.84. The average Bonchev–Trinajstić information content (AvgIpc) is 2.55. The van der Waals surface area contributed by atoms with Crippen molar-refractivity contribution in [3.05, 3.63) is 39.5 Å². The standard InChI is InChI=1S/C16H12F3NO3S/c1-7-12(21)14(23-3)13(22-2)11-15(7)24-10-5-4-8(16(17,18)19)6-9(10)20-11/h4-6H,1-3H3. The molecule has 0 N–H and O–H groups in total. The summed E-state index contributed by atoms with van der Waals surface area (Å²) in [7, 11) is 2.69. The third-order valence-corrected chi connectivity index (χ3v) is 4.93. The molecule has 2 aliphatic rings. The highest BCUT2D eigenvalue weighted by Gasteiger charge is 2.31. The van der Waals surface area contributed by atoms with E-state index in [1.54, 1.807) is 6.92 Å². The van der Waals surface area contributed by atoms with Crippen molar-refractivity contribution in [2.24, 2.45) is 0 Å². The van der Waals surface area contributed by atoms with Gasteiger partial charge in [0.15, 0.2) is 5.75 Å². The average molecular weight is 355 g/mol. The van der Waals surface area contributed by atoms with Crippen LogP contribution in [0.4, 0.5) is 13.2 Å². The summed E-state index contributed by atoms with van der Waals surface area (Å²) in [6.45, 7) is 1.63. The lowest BCUT2D eigenvalue weighted by molar-refractivity contribution is -0.137. The second kappa shape index (κ2) is 5.62. The molecule has 0 saturated heterocycles. The first kappa shape index (κ1) is 16.5. The Morgan fingerprint density at radius 2 is 1.79 bits per heavy atom. The van der Waals surface area contributed by atoms with E-state index in [9.17, 15) is 18.0 Å². The molecule has 0 unspecified atom stereocenters. The van der Waals surface area contributed by atoms with Gasteiger partial charge < -0.3 is 9.47 Å². The number of nitrogens with zero attached hydrogens (tertiary/aromatic N) is 1. The van der Waals surface area contributed by atoms with E-state index in [2.05, 4.69) is 4.98 Å². The monoisotopic (exact) mass is 355 g/mol. The quantitative estimate of drug-likeness (QED) is 0.649. The minimum atomic E-state index is -4.45. The molecular weight excluding hydrogens is 343 g/mol. The highest BCUT2D eigenvalue weighted by Crippen LogP contribution is 2.43. The molecule has 0 aromatic heterocycles. The zero-order valence-electron chi connectivity index (χ0n) is 12.9. The summed E-state index contributed by atoms with van der Waals surface area (Å²) in [5.74, 6) is 0.118. The molecule has 126 valence electrons. The van der Waals surface area contributed by atoms with Crippen LogP contribution in [-0.4, -0.2) is 19.2 Å². The number of rotatable bonds is 2. The van der Waals surface area contributed by atoms with Crippen molar-refractivity contribution in [3.8, 4) is 22.1 Å². The smallest absolute Gasteiger partial charge is 0.416 e. The Morgan fingerprint density at radius 1 is 1.12 bits per heavy atom. The van der Waals surface area contributed by atoms with Gasteiger partial charge in [0.2, 0.25) is 11.2 Å². The highest BCUT2D eigenvalue weighted by molar-refractivity contribution is 7.21. The number of aromatic nitrogens is 1. The highest BCUT2D eigenvalue weighted by atomic mass is 32.1. The van der Waals surface area contributed by atoms with Crippen LogP contribution in [0, 0.1) is 6.92 Å². The maximum absolute atomic E-state index is 12.9. The molecule has 1 aromatic carbocycles. The fraction of sp³-hybridized carbons (Fsp3) is 0.250. The first-order valence-corrected chi connectivity index (χ1v) is 7.66. The molecule has 1 aromatic rings. The molecular formula is C16H12F3NO3S. The second-order valence-electron chi connectivity index (χ2n) is 5.09. The normalized spacial score (nSPS) is 11.9. The Morgan fingerprint density at radius 3 is 2.38 bits per heavy atom. The van der Waals surface area contributed by atoms with Crippen LogP contribution >= 0.6 is 11.3 Å². The van der Waals surface area contributed by atoms with Crippen LogP contribution < -0.4 is 14.9 Å². The topological polar surface area (TPSA) is 48.4 Å². The molecule has 4 nitrogen and oxygen atoms in total. The molecule has 1 aliphatic carbocycles. The largest absolute Gasteiger partial charge is 0.491 e. The number of halogens is 3. The van der Waals surface area contributed by atoms with E-state index in [0.29, 0.717) is 20.8 Å². The number of hydrogen-bond acceptors (Lipinski definition) is 5. The summed E-state index contributed by atoms with van der Waals surface area (Å²) in [5.41, 5.74) is -0.200. The van der Waals surface area contributed by atoms with Gasteiger partial charge in [-0.2, -0.15) is 13.2 Å². The lowest BCUT2D eigenvalue weighted by Crippen LogP contribution is -2.13. The van der Waals surface area contributed by atoms with E-state index in [1.165, 1.54) is 31.6 Å². The van der Waals surface area contributed by atoms with Crippen molar-refractivity contribution < 1.29 is 22.6 Å². The summed E-state index contributed by atoms with van der Waals surface area (Å²) in [6, 6.07) is 3.34. The molecule has 0 saturated carbocycles. The van der Waals surface area contributed by atoms with Gasteiger partial charge in [-0.15, -0.1) is 11.3 Å². The van der Waals surface area contributed by atoms with Gasteiger partial charge in [0.05, 0.1) is 34.9 Å². The van der Waals surface area contributed by atoms with Gasteiger partial charge in [-0.3, -0.25) is 4.79 Å². The van der Waals surface area contributed by atoms with E-state index in [4.69, 9.17) is 9.47 Å². The van der Waals surface area contributed by atoms with Crippen molar-refractivity contribution in [3.63, 3.8) is 0 Å². The lowest BCUT2D eigenvalue weighted by Gasteiger charge is -2.16. The zero-order valence-corrected chi connectivity index (χ0v) is 13.8. The molecule has 0 fully saturated rings. The molecule has 1 aliphatic heterocycles. The van der Waals surface area contributed by atoms with E-state index in [-0.39, 0.29) is 22.4 Å². The summed E-state index contributed by atoms with van der Waals surface area (Å²) in [4.78, 5) is 17.2.